The van der Waals surface area contributed by atoms with Gasteiger partial charge in [-0.3, -0.25) is 9.88 Å². The summed E-state index contributed by atoms with van der Waals surface area (Å²) in [7, 11) is 0. The minimum atomic E-state index is 0.516. The van der Waals surface area contributed by atoms with Gasteiger partial charge in [-0.1, -0.05) is 13.5 Å². The summed E-state index contributed by atoms with van der Waals surface area (Å²) in [6, 6.07) is 8.14. The Kier molecular flexibility index (Phi) is 5.23. The standard InChI is InChI=1S/C24H26N4O2/c1-5-18-19-12-17(8-9-21(19)26-13-20(18)16-10-11-29-14-16)28-15(4)27-24(25)23(28)22(6-2)30-7-3/h6,8-14,27H,4-5,7,25H2,1-3H3/b22-6+. The van der Waals surface area contributed by atoms with Gasteiger partial charge in [0.05, 0.1) is 24.6 Å². The van der Waals surface area contributed by atoms with E-state index in [-0.39, 0.29) is 0 Å². The lowest BCUT2D eigenvalue weighted by Gasteiger charge is -2.24. The van der Waals surface area contributed by atoms with Crippen molar-refractivity contribution in [3.63, 3.8) is 0 Å². The van der Waals surface area contributed by atoms with Crippen LogP contribution in [0.4, 0.5) is 5.69 Å². The highest BCUT2D eigenvalue weighted by molar-refractivity contribution is 5.91. The average Bonchev–Trinajstić information content (AvgIpc) is 3.38. The number of pyridine rings is 1. The number of nitrogens with zero attached hydrogens (tertiary/aromatic N) is 2. The molecule has 0 fully saturated rings. The van der Waals surface area contributed by atoms with Crippen LogP contribution in [0.5, 0.6) is 0 Å². The first-order chi connectivity index (χ1) is 14.6. The van der Waals surface area contributed by atoms with Gasteiger partial charge in [-0.05, 0) is 56.2 Å². The molecule has 1 aromatic carbocycles. The molecule has 4 rings (SSSR count). The first kappa shape index (κ1) is 19.6. The molecule has 1 aliphatic heterocycles. The maximum atomic E-state index is 6.28. The molecule has 154 valence electrons. The molecular formula is C24H26N4O2. The third-order valence-electron chi connectivity index (χ3n) is 5.23. The molecule has 0 radical (unpaired) electrons. The summed E-state index contributed by atoms with van der Waals surface area (Å²) in [5.41, 5.74) is 12.2. The number of fused-ring (bicyclic) bond motifs is 1. The number of hydrogen-bond donors (Lipinski definition) is 2. The van der Waals surface area contributed by atoms with E-state index in [1.165, 1.54) is 5.56 Å². The summed E-state index contributed by atoms with van der Waals surface area (Å²) in [5.74, 6) is 1.91. The van der Waals surface area contributed by atoms with Crippen LogP contribution >= 0.6 is 0 Å². The monoisotopic (exact) mass is 402 g/mol. The van der Waals surface area contributed by atoms with Gasteiger partial charge < -0.3 is 20.2 Å². The van der Waals surface area contributed by atoms with Gasteiger partial charge in [-0.25, -0.2) is 0 Å². The summed E-state index contributed by atoms with van der Waals surface area (Å²) in [5, 5.41) is 4.23. The normalized spacial score (nSPS) is 14.6. The number of allylic oxidation sites excluding steroid dienone is 1. The summed E-state index contributed by atoms with van der Waals surface area (Å²) < 4.78 is 11.1. The van der Waals surface area contributed by atoms with Gasteiger partial charge in [-0.2, -0.15) is 0 Å². The lowest BCUT2D eigenvalue weighted by atomic mass is 9.97. The van der Waals surface area contributed by atoms with E-state index < -0.39 is 0 Å². The molecule has 0 spiro atoms. The molecule has 0 bridgehead atoms. The number of anilines is 1. The van der Waals surface area contributed by atoms with Gasteiger partial charge >= 0.3 is 0 Å². The van der Waals surface area contributed by atoms with E-state index in [1.54, 1.807) is 12.5 Å². The number of nitrogens with one attached hydrogen (secondary N) is 1. The van der Waals surface area contributed by atoms with E-state index in [2.05, 4.69) is 29.9 Å². The van der Waals surface area contributed by atoms with Crippen molar-refractivity contribution in [1.29, 1.82) is 0 Å². The zero-order valence-electron chi connectivity index (χ0n) is 17.5. The number of nitrogens with two attached hydrogens (primary N) is 1. The molecule has 30 heavy (non-hydrogen) atoms. The van der Waals surface area contributed by atoms with Gasteiger partial charge in [0.25, 0.3) is 0 Å². The fraction of sp³-hybridized carbons (Fsp3) is 0.208. The Labute approximate surface area is 176 Å². The summed E-state index contributed by atoms with van der Waals surface area (Å²) in [6.45, 7) is 10.7. The quantitative estimate of drug-likeness (QED) is 0.565. The van der Waals surface area contributed by atoms with Crippen LogP contribution in [-0.4, -0.2) is 11.6 Å². The maximum Gasteiger partial charge on any atom is 0.142 e. The van der Waals surface area contributed by atoms with Crippen molar-refractivity contribution in [3.8, 4) is 11.1 Å². The molecule has 3 aromatic rings. The Morgan fingerprint density at radius 2 is 2.17 bits per heavy atom. The maximum absolute atomic E-state index is 6.28. The topological polar surface area (TPSA) is 76.6 Å². The van der Waals surface area contributed by atoms with Gasteiger partial charge in [-0.15, -0.1) is 0 Å². The van der Waals surface area contributed by atoms with E-state index in [9.17, 15) is 0 Å². The molecule has 6 nitrogen and oxygen atoms in total. The number of hydrogen-bond acceptors (Lipinski definition) is 6. The van der Waals surface area contributed by atoms with E-state index in [0.717, 1.165) is 39.8 Å². The SMILES string of the molecule is C=C1NC(N)=C(/C(=C\C)OCC)N1c1ccc2ncc(-c3ccoc3)c(CC)c2c1. The highest BCUT2D eigenvalue weighted by Crippen LogP contribution is 2.36. The third kappa shape index (κ3) is 3.20. The number of benzene rings is 1. The lowest BCUT2D eigenvalue weighted by molar-refractivity contribution is 0.236. The third-order valence-corrected chi connectivity index (χ3v) is 5.23. The highest BCUT2D eigenvalue weighted by atomic mass is 16.5. The molecule has 0 saturated heterocycles. The Morgan fingerprint density at radius 1 is 1.33 bits per heavy atom. The van der Waals surface area contributed by atoms with Crippen molar-refractivity contribution >= 4 is 16.6 Å². The van der Waals surface area contributed by atoms with E-state index in [1.807, 2.05) is 49.2 Å². The summed E-state index contributed by atoms with van der Waals surface area (Å²) >= 11 is 0. The molecule has 2 aromatic heterocycles. The first-order valence-electron chi connectivity index (χ1n) is 10.1. The van der Waals surface area contributed by atoms with Crippen molar-refractivity contribution in [2.24, 2.45) is 5.73 Å². The largest absolute Gasteiger partial charge is 0.492 e. The predicted molar refractivity (Wildman–Crippen MR) is 120 cm³/mol. The van der Waals surface area contributed by atoms with Crippen LogP contribution in [0.2, 0.25) is 0 Å². The molecular weight excluding hydrogens is 376 g/mol. The zero-order valence-corrected chi connectivity index (χ0v) is 17.5. The fourth-order valence-electron chi connectivity index (χ4n) is 3.92. The van der Waals surface area contributed by atoms with E-state index >= 15 is 0 Å². The van der Waals surface area contributed by atoms with Crippen molar-refractivity contribution in [1.82, 2.24) is 10.3 Å². The molecule has 3 heterocycles. The van der Waals surface area contributed by atoms with Crippen LogP contribution in [-0.2, 0) is 11.2 Å². The van der Waals surface area contributed by atoms with Gasteiger partial charge in [0, 0.05) is 28.4 Å². The Bertz CT molecular complexity index is 1160. The molecule has 6 heteroatoms. The molecule has 0 unspecified atom stereocenters. The van der Waals surface area contributed by atoms with Crippen molar-refractivity contribution in [2.45, 2.75) is 27.2 Å². The predicted octanol–water partition coefficient (Wildman–Crippen LogP) is 5.01. The number of ether oxygens (including phenoxy) is 1. The fourth-order valence-corrected chi connectivity index (χ4v) is 3.92. The molecule has 1 aliphatic rings. The zero-order chi connectivity index (χ0) is 21.3. The molecule has 0 amide bonds. The van der Waals surface area contributed by atoms with Crippen molar-refractivity contribution < 1.29 is 9.15 Å². The van der Waals surface area contributed by atoms with Crippen molar-refractivity contribution in [2.75, 3.05) is 11.5 Å². The van der Waals surface area contributed by atoms with Gasteiger partial charge in [0.1, 0.15) is 23.1 Å². The Hall–Kier alpha value is -3.67. The van der Waals surface area contributed by atoms with Gasteiger partial charge in [0.15, 0.2) is 0 Å². The minimum absolute atomic E-state index is 0.516. The molecule has 0 aliphatic carbocycles. The number of aryl methyl sites for hydroxylation is 1. The number of aromatic nitrogens is 1. The molecule has 0 atom stereocenters. The van der Waals surface area contributed by atoms with Crippen LogP contribution in [0.15, 0.2) is 83.2 Å². The second-order valence-corrected chi connectivity index (χ2v) is 6.97. The van der Waals surface area contributed by atoms with Gasteiger partial charge in [0.2, 0.25) is 0 Å². The Morgan fingerprint density at radius 3 is 2.83 bits per heavy atom. The average molecular weight is 402 g/mol. The minimum Gasteiger partial charge on any atom is -0.492 e. The highest BCUT2D eigenvalue weighted by Gasteiger charge is 2.29. The first-order valence-corrected chi connectivity index (χ1v) is 10.1. The smallest absolute Gasteiger partial charge is 0.142 e. The Balaban J connectivity index is 1.87. The molecule has 0 saturated carbocycles. The second kappa shape index (κ2) is 7.99. The second-order valence-electron chi connectivity index (χ2n) is 6.97. The summed E-state index contributed by atoms with van der Waals surface area (Å²) in [6.07, 6.45) is 8.13. The number of furan rings is 1. The van der Waals surface area contributed by atoms with E-state index in [4.69, 9.17) is 14.9 Å². The number of rotatable bonds is 6. The summed E-state index contributed by atoms with van der Waals surface area (Å²) in [4.78, 5) is 6.67. The van der Waals surface area contributed by atoms with Crippen LogP contribution in [0.1, 0.15) is 26.3 Å². The van der Waals surface area contributed by atoms with Crippen LogP contribution in [0.25, 0.3) is 22.0 Å². The lowest BCUT2D eigenvalue weighted by Crippen LogP contribution is -2.21. The molecule has 3 N–H and O–H groups in total. The van der Waals surface area contributed by atoms with Crippen molar-refractivity contribution in [3.05, 3.63) is 84.3 Å². The van der Waals surface area contributed by atoms with E-state index in [0.29, 0.717) is 24.0 Å². The van der Waals surface area contributed by atoms with Crippen LogP contribution in [0.3, 0.4) is 0 Å². The van der Waals surface area contributed by atoms with Crippen LogP contribution in [0, 0.1) is 0 Å². The van der Waals surface area contributed by atoms with Crippen LogP contribution < -0.4 is 16.0 Å².